The molecule has 1 heterocycles. The molecule has 1 aliphatic rings. The first-order valence-electron chi connectivity index (χ1n) is 6.07. The molecule has 0 bridgehead atoms. The largest absolute Gasteiger partial charge is 0.331 e. The van der Waals surface area contributed by atoms with E-state index in [1.165, 1.54) is 4.90 Å². The van der Waals surface area contributed by atoms with Crippen LogP contribution >= 0.6 is 0 Å². The number of barbiturate groups is 1. The molecule has 1 atom stereocenters. The number of urea groups is 1. The van der Waals surface area contributed by atoms with E-state index in [9.17, 15) is 14.4 Å². The van der Waals surface area contributed by atoms with Crippen LogP contribution in [0.2, 0.25) is 0 Å². The molecule has 1 fully saturated rings. The summed E-state index contributed by atoms with van der Waals surface area (Å²) in [6.45, 7) is 6.12. The summed E-state index contributed by atoms with van der Waals surface area (Å²) in [6.07, 6.45) is 2.61. The van der Waals surface area contributed by atoms with Crippen LogP contribution in [0.25, 0.3) is 0 Å². The molecule has 5 heteroatoms. The summed E-state index contributed by atoms with van der Waals surface area (Å²) in [7, 11) is 0. The Morgan fingerprint density at radius 3 is 2.35 bits per heavy atom. The third-order valence-electron chi connectivity index (χ3n) is 2.89. The molecule has 0 saturated carbocycles. The molecule has 96 valence electrons. The molecule has 0 radical (unpaired) electrons. The summed E-state index contributed by atoms with van der Waals surface area (Å²) in [5.74, 6) is -0.281. The van der Waals surface area contributed by atoms with Gasteiger partial charge in [0.1, 0.15) is 6.42 Å². The third-order valence-corrected chi connectivity index (χ3v) is 2.89. The first-order chi connectivity index (χ1) is 7.91. The Labute approximate surface area is 102 Å². The maximum absolute atomic E-state index is 11.6. The second-order valence-electron chi connectivity index (χ2n) is 4.97. The molecule has 1 saturated heterocycles. The monoisotopic (exact) mass is 240 g/mol. The lowest BCUT2D eigenvalue weighted by Gasteiger charge is -2.30. The van der Waals surface area contributed by atoms with Crippen molar-refractivity contribution < 1.29 is 14.4 Å². The van der Waals surface area contributed by atoms with Crippen LogP contribution in [0.3, 0.4) is 0 Å². The van der Waals surface area contributed by atoms with E-state index in [4.69, 9.17) is 0 Å². The van der Waals surface area contributed by atoms with Crippen LogP contribution in [0, 0.1) is 5.92 Å². The first-order valence-corrected chi connectivity index (χ1v) is 6.07. The minimum absolute atomic E-state index is 0.144. The zero-order valence-corrected chi connectivity index (χ0v) is 10.7. The summed E-state index contributed by atoms with van der Waals surface area (Å²) < 4.78 is 0. The molecule has 0 aromatic rings. The Morgan fingerprint density at radius 2 is 1.82 bits per heavy atom. The highest BCUT2D eigenvalue weighted by Gasteiger charge is 2.33. The van der Waals surface area contributed by atoms with Crippen molar-refractivity contribution in [3.05, 3.63) is 0 Å². The van der Waals surface area contributed by atoms with E-state index in [-0.39, 0.29) is 12.5 Å². The summed E-state index contributed by atoms with van der Waals surface area (Å²) >= 11 is 0. The molecular weight excluding hydrogens is 220 g/mol. The van der Waals surface area contributed by atoms with Gasteiger partial charge in [-0.25, -0.2) is 4.79 Å². The average Bonchev–Trinajstić information content (AvgIpc) is 2.14. The van der Waals surface area contributed by atoms with Gasteiger partial charge in [0.15, 0.2) is 0 Å². The van der Waals surface area contributed by atoms with E-state index in [2.05, 4.69) is 19.2 Å². The number of nitrogens with one attached hydrogen (secondary N) is 1. The minimum Gasteiger partial charge on any atom is -0.277 e. The number of hydrogen-bond acceptors (Lipinski definition) is 3. The summed E-state index contributed by atoms with van der Waals surface area (Å²) in [4.78, 5) is 35.3. The lowest BCUT2D eigenvalue weighted by Crippen LogP contribution is -2.55. The number of imide groups is 2. The molecule has 0 aliphatic carbocycles. The number of amides is 4. The maximum atomic E-state index is 11.6. The van der Waals surface area contributed by atoms with Gasteiger partial charge in [-0.3, -0.25) is 19.8 Å². The van der Waals surface area contributed by atoms with Crippen molar-refractivity contribution in [2.45, 2.75) is 52.5 Å². The van der Waals surface area contributed by atoms with Crippen molar-refractivity contribution in [2.75, 3.05) is 0 Å². The summed E-state index contributed by atoms with van der Waals surface area (Å²) in [6, 6.07) is -0.724. The van der Waals surface area contributed by atoms with Crippen LogP contribution in [0.5, 0.6) is 0 Å². The molecule has 1 unspecified atom stereocenters. The van der Waals surface area contributed by atoms with Gasteiger partial charge in [0, 0.05) is 6.04 Å². The molecular formula is C12H20N2O3. The number of rotatable bonds is 5. The molecule has 17 heavy (non-hydrogen) atoms. The summed E-state index contributed by atoms with van der Waals surface area (Å²) in [5, 5.41) is 2.17. The van der Waals surface area contributed by atoms with E-state index >= 15 is 0 Å². The second kappa shape index (κ2) is 5.80. The first kappa shape index (κ1) is 13.7. The maximum Gasteiger partial charge on any atom is 0.331 e. The van der Waals surface area contributed by atoms with Crippen LogP contribution in [0.4, 0.5) is 4.79 Å². The Hall–Kier alpha value is -1.39. The Morgan fingerprint density at radius 1 is 1.18 bits per heavy atom. The van der Waals surface area contributed by atoms with E-state index in [1.54, 1.807) is 0 Å². The quantitative estimate of drug-likeness (QED) is 0.743. The highest BCUT2D eigenvalue weighted by Crippen LogP contribution is 2.15. The Kier molecular flexibility index (Phi) is 4.66. The van der Waals surface area contributed by atoms with Crippen LogP contribution in [0.1, 0.15) is 46.5 Å². The highest BCUT2D eigenvalue weighted by molar-refractivity contribution is 6.14. The normalized spacial score (nSPS) is 18.6. The van der Waals surface area contributed by atoms with Crippen LogP contribution in [0.15, 0.2) is 0 Å². The number of carbonyl (C=O) groups is 3. The van der Waals surface area contributed by atoms with Gasteiger partial charge < -0.3 is 0 Å². The van der Waals surface area contributed by atoms with Crippen LogP contribution in [-0.4, -0.2) is 28.8 Å². The summed E-state index contributed by atoms with van der Waals surface area (Å²) in [5.41, 5.74) is 0. The zero-order valence-electron chi connectivity index (χ0n) is 10.7. The van der Waals surface area contributed by atoms with E-state index in [0.717, 1.165) is 19.3 Å². The average molecular weight is 240 g/mol. The Balaban J connectivity index is 2.50. The van der Waals surface area contributed by atoms with Crippen molar-refractivity contribution in [1.29, 1.82) is 0 Å². The topological polar surface area (TPSA) is 66.5 Å². The lowest BCUT2D eigenvalue weighted by molar-refractivity contribution is -0.137. The van der Waals surface area contributed by atoms with Crippen molar-refractivity contribution in [3.8, 4) is 0 Å². The molecule has 5 nitrogen and oxygen atoms in total. The molecule has 1 N–H and O–H groups in total. The van der Waals surface area contributed by atoms with Gasteiger partial charge >= 0.3 is 6.03 Å². The van der Waals surface area contributed by atoms with Crippen molar-refractivity contribution in [2.24, 2.45) is 5.92 Å². The van der Waals surface area contributed by atoms with Gasteiger partial charge in [0.25, 0.3) is 0 Å². The van der Waals surface area contributed by atoms with Gasteiger partial charge in [-0.2, -0.15) is 0 Å². The number of hydrogen-bond donors (Lipinski definition) is 1. The van der Waals surface area contributed by atoms with Crippen molar-refractivity contribution >= 4 is 17.8 Å². The number of nitrogens with zero attached hydrogens (tertiary/aromatic N) is 1. The fourth-order valence-corrected chi connectivity index (χ4v) is 1.96. The molecule has 4 amide bonds. The van der Waals surface area contributed by atoms with Crippen LogP contribution in [-0.2, 0) is 9.59 Å². The Bertz CT molecular complexity index is 306. The fraction of sp³-hybridized carbons (Fsp3) is 0.750. The van der Waals surface area contributed by atoms with Gasteiger partial charge in [-0.1, -0.05) is 26.7 Å². The molecule has 0 aromatic carbocycles. The standard InChI is InChI=1S/C12H20N2O3/c1-8(2)5-4-6-9(3)14-11(16)7-10(15)13-12(14)17/h8-9H,4-7H2,1-3H3,(H,13,15,17). The third kappa shape index (κ3) is 3.84. The van der Waals surface area contributed by atoms with Gasteiger partial charge in [0.2, 0.25) is 11.8 Å². The molecule has 1 rings (SSSR count). The molecule has 0 spiro atoms. The predicted molar refractivity (Wildman–Crippen MR) is 63.2 cm³/mol. The van der Waals surface area contributed by atoms with Crippen molar-refractivity contribution in [3.63, 3.8) is 0 Å². The fourth-order valence-electron chi connectivity index (χ4n) is 1.96. The van der Waals surface area contributed by atoms with Gasteiger partial charge in [-0.05, 0) is 19.3 Å². The van der Waals surface area contributed by atoms with E-state index in [0.29, 0.717) is 5.92 Å². The van der Waals surface area contributed by atoms with E-state index in [1.807, 2.05) is 6.92 Å². The minimum atomic E-state index is -0.580. The number of carbonyl (C=O) groups excluding carboxylic acids is 3. The van der Waals surface area contributed by atoms with Crippen LogP contribution < -0.4 is 5.32 Å². The van der Waals surface area contributed by atoms with Gasteiger partial charge in [-0.15, -0.1) is 0 Å². The lowest BCUT2D eigenvalue weighted by atomic mass is 10.0. The van der Waals surface area contributed by atoms with Gasteiger partial charge in [0.05, 0.1) is 0 Å². The second-order valence-corrected chi connectivity index (χ2v) is 4.97. The smallest absolute Gasteiger partial charge is 0.277 e. The SMILES string of the molecule is CC(C)CCCC(C)N1C(=O)CC(=O)NC1=O. The van der Waals surface area contributed by atoms with E-state index < -0.39 is 17.8 Å². The highest BCUT2D eigenvalue weighted by atomic mass is 16.2. The zero-order chi connectivity index (χ0) is 13.0. The van der Waals surface area contributed by atoms with Crippen molar-refractivity contribution in [1.82, 2.24) is 10.2 Å². The molecule has 0 aromatic heterocycles. The predicted octanol–water partition coefficient (Wildman–Crippen LogP) is 1.67. The molecule has 1 aliphatic heterocycles.